The zero-order valence-electron chi connectivity index (χ0n) is 16.7. The van der Waals surface area contributed by atoms with E-state index in [1.54, 1.807) is 14.2 Å². The molecule has 26 heavy (non-hydrogen) atoms. The van der Waals surface area contributed by atoms with Crippen LogP contribution in [0, 0.1) is 5.92 Å². The summed E-state index contributed by atoms with van der Waals surface area (Å²) < 4.78 is 16.4. The molecule has 0 unspecified atom stereocenters. The van der Waals surface area contributed by atoms with Crippen LogP contribution in [0.15, 0.2) is 29.3 Å². The second kappa shape index (κ2) is 14.4. The molecule has 148 valence electrons. The Labute approximate surface area is 158 Å². The molecule has 0 saturated carbocycles. The van der Waals surface area contributed by atoms with Crippen molar-refractivity contribution in [2.45, 2.75) is 33.3 Å². The van der Waals surface area contributed by atoms with Gasteiger partial charge in [-0.05, 0) is 36.5 Å². The smallest absolute Gasteiger partial charge is 0.191 e. The molecular weight excluding hydrogens is 330 g/mol. The van der Waals surface area contributed by atoms with Crippen LogP contribution >= 0.6 is 0 Å². The minimum Gasteiger partial charge on any atom is -0.497 e. The zero-order chi connectivity index (χ0) is 19.0. The first-order valence-electron chi connectivity index (χ1n) is 9.38. The number of nitrogens with zero attached hydrogens (tertiary/aromatic N) is 1. The molecule has 0 atom stereocenters. The van der Waals surface area contributed by atoms with Crippen molar-refractivity contribution in [2.75, 3.05) is 47.1 Å². The Morgan fingerprint density at radius 1 is 1.00 bits per heavy atom. The second-order valence-corrected chi connectivity index (χ2v) is 6.47. The summed E-state index contributed by atoms with van der Waals surface area (Å²) in [6.45, 7) is 8.80. The number of guanidine groups is 1. The maximum atomic E-state index is 5.69. The molecule has 0 aliphatic rings. The molecule has 6 heteroatoms. The number of aliphatic imine (C=N–C) groups is 1. The van der Waals surface area contributed by atoms with Crippen LogP contribution in [0.3, 0.4) is 0 Å². The van der Waals surface area contributed by atoms with Crippen LogP contribution in [0.25, 0.3) is 0 Å². The van der Waals surface area contributed by atoms with Crippen LogP contribution < -0.4 is 15.4 Å². The number of hydrogen-bond donors (Lipinski definition) is 2. The van der Waals surface area contributed by atoms with E-state index in [0.717, 1.165) is 49.8 Å². The minimum absolute atomic E-state index is 0.616. The van der Waals surface area contributed by atoms with Gasteiger partial charge in [0.05, 0.1) is 20.3 Å². The highest BCUT2D eigenvalue weighted by Crippen LogP contribution is 2.11. The highest BCUT2D eigenvalue weighted by molar-refractivity contribution is 5.79. The minimum atomic E-state index is 0.616. The monoisotopic (exact) mass is 365 g/mol. The average molecular weight is 366 g/mol. The molecule has 0 aliphatic heterocycles. The largest absolute Gasteiger partial charge is 0.497 e. The molecule has 0 spiro atoms. The lowest BCUT2D eigenvalue weighted by atomic mass is 10.1. The summed E-state index contributed by atoms with van der Waals surface area (Å²) in [7, 11) is 3.44. The summed E-state index contributed by atoms with van der Waals surface area (Å²) in [5.41, 5.74) is 1.15. The van der Waals surface area contributed by atoms with Crippen LogP contribution in [-0.2, 0) is 16.1 Å². The molecule has 0 fully saturated rings. The Morgan fingerprint density at radius 3 is 2.38 bits per heavy atom. The fourth-order valence-corrected chi connectivity index (χ4v) is 2.18. The van der Waals surface area contributed by atoms with Crippen LogP contribution in [0.1, 0.15) is 32.3 Å². The molecule has 0 aromatic heterocycles. The van der Waals surface area contributed by atoms with Crippen molar-refractivity contribution in [3.63, 3.8) is 0 Å². The van der Waals surface area contributed by atoms with E-state index >= 15 is 0 Å². The van der Waals surface area contributed by atoms with Crippen molar-refractivity contribution < 1.29 is 14.2 Å². The van der Waals surface area contributed by atoms with Crippen molar-refractivity contribution in [2.24, 2.45) is 10.9 Å². The quantitative estimate of drug-likeness (QED) is 0.320. The fourth-order valence-electron chi connectivity index (χ4n) is 2.18. The third-order valence-corrected chi connectivity index (χ3v) is 3.79. The van der Waals surface area contributed by atoms with Crippen LogP contribution in [0.4, 0.5) is 0 Å². The predicted molar refractivity (Wildman–Crippen MR) is 107 cm³/mol. The third-order valence-electron chi connectivity index (χ3n) is 3.79. The predicted octanol–water partition coefficient (Wildman–Crippen LogP) is 2.83. The van der Waals surface area contributed by atoms with E-state index in [9.17, 15) is 0 Å². The molecule has 0 aliphatic carbocycles. The summed E-state index contributed by atoms with van der Waals surface area (Å²) in [5, 5.41) is 6.53. The molecule has 6 nitrogen and oxygen atoms in total. The van der Waals surface area contributed by atoms with Crippen LogP contribution in [0.5, 0.6) is 5.75 Å². The van der Waals surface area contributed by atoms with Crippen molar-refractivity contribution >= 4 is 5.96 Å². The molecule has 0 amide bonds. The zero-order valence-corrected chi connectivity index (χ0v) is 16.7. The van der Waals surface area contributed by atoms with E-state index in [2.05, 4.69) is 29.5 Å². The highest BCUT2D eigenvalue weighted by atomic mass is 16.5. The van der Waals surface area contributed by atoms with Gasteiger partial charge in [0.1, 0.15) is 5.75 Å². The summed E-state index contributed by atoms with van der Waals surface area (Å²) in [4.78, 5) is 4.20. The second-order valence-electron chi connectivity index (χ2n) is 6.47. The molecule has 0 radical (unpaired) electrons. The van der Waals surface area contributed by atoms with Gasteiger partial charge >= 0.3 is 0 Å². The van der Waals surface area contributed by atoms with Gasteiger partial charge in [0.15, 0.2) is 5.96 Å². The highest BCUT2D eigenvalue weighted by Gasteiger charge is 1.99. The molecule has 0 saturated heterocycles. The number of benzene rings is 1. The van der Waals surface area contributed by atoms with E-state index in [-0.39, 0.29) is 0 Å². The van der Waals surface area contributed by atoms with Gasteiger partial charge in [-0.1, -0.05) is 26.0 Å². The Kier molecular flexibility index (Phi) is 12.3. The Morgan fingerprint density at radius 2 is 1.73 bits per heavy atom. The van der Waals surface area contributed by atoms with E-state index < -0.39 is 0 Å². The molecule has 1 aromatic carbocycles. The van der Waals surface area contributed by atoms with E-state index in [4.69, 9.17) is 14.2 Å². The fraction of sp³-hybridized carbons (Fsp3) is 0.650. The topological polar surface area (TPSA) is 64.1 Å². The summed E-state index contributed by atoms with van der Waals surface area (Å²) >= 11 is 0. The average Bonchev–Trinajstić information content (AvgIpc) is 2.65. The van der Waals surface area contributed by atoms with Gasteiger partial charge < -0.3 is 24.8 Å². The van der Waals surface area contributed by atoms with Crippen molar-refractivity contribution in [1.82, 2.24) is 10.6 Å². The molecule has 0 bridgehead atoms. The number of ether oxygens (including phenoxy) is 3. The Balaban J connectivity index is 2.00. The van der Waals surface area contributed by atoms with Crippen molar-refractivity contribution in [3.05, 3.63) is 29.8 Å². The molecule has 2 N–H and O–H groups in total. The van der Waals surface area contributed by atoms with Crippen LogP contribution in [0.2, 0.25) is 0 Å². The lowest BCUT2D eigenvalue weighted by Gasteiger charge is -2.12. The summed E-state index contributed by atoms with van der Waals surface area (Å²) in [6, 6.07) is 7.93. The van der Waals surface area contributed by atoms with Gasteiger partial charge in [-0.2, -0.15) is 0 Å². The number of rotatable bonds is 13. The van der Waals surface area contributed by atoms with E-state index in [1.807, 2.05) is 24.3 Å². The van der Waals surface area contributed by atoms with Gasteiger partial charge in [0.2, 0.25) is 0 Å². The molecule has 0 heterocycles. The maximum absolute atomic E-state index is 5.69. The number of hydrogen-bond acceptors (Lipinski definition) is 4. The molecular formula is C20H35N3O3. The third kappa shape index (κ3) is 10.9. The summed E-state index contributed by atoms with van der Waals surface area (Å²) in [6.07, 6.45) is 2.02. The maximum Gasteiger partial charge on any atom is 0.191 e. The number of nitrogens with one attached hydrogen (secondary N) is 2. The van der Waals surface area contributed by atoms with Gasteiger partial charge in [0, 0.05) is 33.4 Å². The first kappa shape index (κ1) is 22.3. The van der Waals surface area contributed by atoms with E-state index in [1.165, 1.54) is 0 Å². The first-order chi connectivity index (χ1) is 12.7. The normalized spacial score (nSPS) is 11.7. The molecule has 1 rings (SSSR count). The van der Waals surface area contributed by atoms with E-state index in [0.29, 0.717) is 25.7 Å². The lowest BCUT2D eigenvalue weighted by Crippen LogP contribution is -2.39. The SMILES string of the molecule is CN=C(NCCCOCc1ccc(OC)cc1)NCCOCCC(C)C. The number of methoxy groups -OCH3 is 1. The summed E-state index contributed by atoms with van der Waals surface area (Å²) in [5.74, 6) is 2.35. The lowest BCUT2D eigenvalue weighted by molar-refractivity contribution is 0.119. The standard InChI is InChI=1S/C20H35N3O3/c1-17(2)10-14-25-15-12-23-20(21-3)22-11-5-13-26-16-18-6-8-19(24-4)9-7-18/h6-9,17H,5,10-16H2,1-4H3,(H2,21,22,23). The Bertz CT molecular complexity index is 490. The van der Waals surface area contributed by atoms with Crippen LogP contribution in [-0.4, -0.2) is 53.0 Å². The van der Waals surface area contributed by atoms with Gasteiger partial charge in [0.25, 0.3) is 0 Å². The van der Waals surface area contributed by atoms with Crippen molar-refractivity contribution in [3.8, 4) is 5.75 Å². The van der Waals surface area contributed by atoms with Crippen molar-refractivity contribution in [1.29, 1.82) is 0 Å². The van der Waals surface area contributed by atoms with Gasteiger partial charge in [-0.15, -0.1) is 0 Å². The van der Waals surface area contributed by atoms with Gasteiger partial charge in [-0.25, -0.2) is 0 Å². The first-order valence-corrected chi connectivity index (χ1v) is 9.38. The van der Waals surface area contributed by atoms with Gasteiger partial charge in [-0.3, -0.25) is 4.99 Å². The Hall–Kier alpha value is -1.79. The molecule has 1 aromatic rings.